The lowest BCUT2D eigenvalue weighted by Gasteiger charge is -2.12. The molecule has 2 rings (SSSR count). The fourth-order valence-electron chi connectivity index (χ4n) is 2.29. The minimum atomic E-state index is -0.215. The van der Waals surface area contributed by atoms with Crippen LogP contribution >= 0.6 is 0 Å². The Bertz CT molecular complexity index is 759. The van der Waals surface area contributed by atoms with Crippen molar-refractivity contribution in [2.75, 3.05) is 26.1 Å². The van der Waals surface area contributed by atoms with Crippen LogP contribution < -0.4 is 20.1 Å². The number of amides is 2. The second kappa shape index (κ2) is 8.73. The number of nitrogens with one attached hydrogen (secondary N) is 2. The molecule has 0 saturated carbocycles. The molecule has 0 heterocycles. The summed E-state index contributed by atoms with van der Waals surface area (Å²) in [5, 5.41) is 5.50. The second-order valence-corrected chi connectivity index (χ2v) is 5.49. The monoisotopic (exact) mass is 342 g/mol. The number of benzene rings is 2. The van der Waals surface area contributed by atoms with Gasteiger partial charge in [0.1, 0.15) is 11.5 Å². The molecule has 0 fully saturated rings. The topological polar surface area (TPSA) is 76.7 Å². The van der Waals surface area contributed by atoms with E-state index in [4.69, 9.17) is 9.47 Å². The van der Waals surface area contributed by atoms with Gasteiger partial charge in [0.05, 0.1) is 19.9 Å². The van der Waals surface area contributed by atoms with Gasteiger partial charge >= 0.3 is 0 Å². The van der Waals surface area contributed by atoms with Gasteiger partial charge in [0.25, 0.3) is 5.91 Å². The summed E-state index contributed by atoms with van der Waals surface area (Å²) in [6, 6.07) is 12.4. The molecule has 0 saturated heterocycles. The van der Waals surface area contributed by atoms with Crippen LogP contribution in [0.3, 0.4) is 0 Å². The molecular weight excluding hydrogens is 320 g/mol. The summed E-state index contributed by atoms with van der Waals surface area (Å²) >= 11 is 0. The molecule has 0 unspecified atom stereocenters. The maximum absolute atomic E-state index is 12.1. The second-order valence-electron chi connectivity index (χ2n) is 5.49. The molecule has 0 aliphatic heterocycles. The van der Waals surface area contributed by atoms with Crippen LogP contribution in [-0.4, -0.2) is 32.6 Å². The maximum atomic E-state index is 12.1. The first-order chi connectivity index (χ1) is 12.0. The van der Waals surface area contributed by atoms with Crippen LogP contribution in [0.4, 0.5) is 5.69 Å². The molecule has 0 aliphatic rings. The standard InChI is InChI=1S/C19H22N2O4/c1-13-5-4-6-14(11-13)19(23)20-10-9-18(22)21-16-8-7-15(24-2)12-17(16)25-3/h4-8,11-12H,9-10H2,1-3H3,(H,20,23)(H,21,22). The highest BCUT2D eigenvalue weighted by atomic mass is 16.5. The van der Waals surface area contributed by atoms with Crippen molar-refractivity contribution in [3.63, 3.8) is 0 Å². The Morgan fingerprint density at radius 3 is 2.52 bits per heavy atom. The van der Waals surface area contributed by atoms with Crippen molar-refractivity contribution in [3.05, 3.63) is 53.6 Å². The van der Waals surface area contributed by atoms with Crippen molar-refractivity contribution < 1.29 is 19.1 Å². The number of hydrogen-bond acceptors (Lipinski definition) is 4. The summed E-state index contributed by atoms with van der Waals surface area (Å²) in [5.41, 5.74) is 2.15. The first-order valence-corrected chi connectivity index (χ1v) is 7.90. The molecule has 2 aromatic carbocycles. The summed E-state index contributed by atoms with van der Waals surface area (Å²) in [5.74, 6) is 0.739. The molecule has 6 heteroatoms. The van der Waals surface area contributed by atoms with E-state index in [1.54, 1.807) is 37.4 Å². The van der Waals surface area contributed by atoms with E-state index in [1.807, 2.05) is 19.1 Å². The Balaban J connectivity index is 1.86. The highest BCUT2D eigenvalue weighted by Gasteiger charge is 2.10. The van der Waals surface area contributed by atoms with Crippen molar-refractivity contribution in [1.29, 1.82) is 0 Å². The van der Waals surface area contributed by atoms with E-state index in [2.05, 4.69) is 10.6 Å². The van der Waals surface area contributed by atoms with Crippen molar-refractivity contribution in [2.45, 2.75) is 13.3 Å². The van der Waals surface area contributed by atoms with Gasteiger partial charge in [-0.15, -0.1) is 0 Å². The lowest BCUT2D eigenvalue weighted by Crippen LogP contribution is -2.27. The number of carbonyl (C=O) groups excluding carboxylic acids is 2. The molecule has 0 spiro atoms. The number of carbonyl (C=O) groups is 2. The largest absolute Gasteiger partial charge is 0.497 e. The van der Waals surface area contributed by atoms with Gasteiger partial charge in [-0.05, 0) is 31.2 Å². The fraction of sp³-hybridized carbons (Fsp3) is 0.263. The quantitative estimate of drug-likeness (QED) is 0.811. The van der Waals surface area contributed by atoms with Gasteiger partial charge in [-0.1, -0.05) is 17.7 Å². The van der Waals surface area contributed by atoms with E-state index < -0.39 is 0 Å². The van der Waals surface area contributed by atoms with Crippen LogP contribution in [0, 0.1) is 6.92 Å². The summed E-state index contributed by atoms with van der Waals surface area (Å²) in [7, 11) is 3.08. The molecule has 2 aromatic rings. The number of rotatable bonds is 7. The van der Waals surface area contributed by atoms with Gasteiger partial charge in [-0.3, -0.25) is 9.59 Å². The predicted octanol–water partition coefficient (Wildman–Crippen LogP) is 2.77. The van der Waals surface area contributed by atoms with E-state index >= 15 is 0 Å². The van der Waals surface area contributed by atoms with Gasteiger partial charge in [-0.25, -0.2) is 0 Å². The minimum Gasteiger partial charge on any atom is -0.497 e. The van der Waals surface area contributed by atoms with Crippen LogP contribution in [-0.2, 0) is 4.79 Å². The SMILES string of the molecule is COc1ccc(NC(=O)CCNC(=O)c2cccc(C)c2)c(OC)c1. The minimum absolute atomic E-state index is 0.159. The van der Waals surface area contributed by atoms with E-state index in [1.165, 1.54) is 7.11 Å². The third kappa shape index (κ3) is 5.24. The molecule has 0 bridgehead atoms. The van der Waals surface area contributed by atoms with E-state index in [-0.39, 0.29) is 24.8 Å². The van der Waals surface area contributed by atoms with E-state index in [0.717, 1.165) is 5.56 Å². The fourth-order valence-corrected chi connectivity index (χ4v) is 2.29. The van der Waals surface area contributed by atoms with E-state index in [0.29, 0.717) is 22.7 Å². The zero-order chi connectivity index (χ0) is 18.2. The van der Waals surface area contributed by atoms with E-state index in [9.17, 15) is 9.59 Å². The molecule has 2 amide bonds. The van der Waals surface area contributed by atoms with Crippen molar-refractivity contribution in [2.24, 2.45) is 0 Å². The number of methoxy groups -OCH3 is 2. The van der Waals surface area contributed by atoms with Crippen LogP contribution in [0.2, 0.25) is 0 Å². The van der Waals surface area contributed by atoms with Crippen LogP contribution in [0.15, 0.2) is 42.5 Å². The third-order valence-corrected chi connectivity index (χ3v) is 3.60. The van der Waals surface area contributed by atoms with Gasteiger partial charge < -0.3 is 20.1 Å². The molecule has 6 nitrogen and oxygen atoms in total. The Hall–Kier alpha value is -3.02. The third-order valence-electron chi connectivity index (χ3n) is 3.60. The first kappa shape index (κ1) is 18.3. The van der Waals surface area contributed by atoms with Gasteiger partial charge in [0.2, 0.25) is 5.91 Å². The number of aryl methyl sites for hydroxylation is 1. The zero-order valence-electron chi connectivity index (χ0n) is 14.6. The zero-order valence-corrected chi connectivity index (χ0v) is 14.6. The smallest absolute Gasteiger partial charge is 0.251 e. The van der Waals surface area contributed by atoms with Crippen LogP contribution in [0.1, 0.15) is 22.3 Å². The van der Waals surface area contributed by atoms with Crippen molar-refractivity contribution in [1.82, 2.24) is 5.32 Å². The Morgan fingerprint density at radius 2 is 1.84 bits per heavy atom. The Kier molecular flexibility index (Phi) is 6.39. The first-order valence-electron chi connectivity index (χ1n) is 7.90. The summed E-state index contributed by atoms with van der Waals surface area (Å²) in [6.45, 7) is 2.17. The van der Waals surface area contributed by atoms with Crippen LogP contribution in [0.25, 0.3) is 0 Å². The molecule has 0 aliphatic carbocycles. The maximum Gasteiger partial charge on any atom is 0.251 e. The molecular formula is C19H22N2O4. The molecule has 0 aromatic heterocycles. The average molecular weight is 342 g/mol. The molecule has 2 N–H and O–H groups in total. The molecule has 0 radical (unpaired) electrons. The predicted molar refractivity (Wildman–Crippen MR) is 96.3 cm³/mol. The van der Waals surface area contributed by atoms with Gasteiger partial charge in [-0.2, -0.15) is 0 Å². The van der Waals surface area contributed by atoms with Crippen molar-refractivity contribution in [3.8, 4) is 11.5 Å². The average Bonchev–Trinajstić information content (AvgIpc) is 2.61. The normalized spacial score (nSPS) is 10.0. The van der Waals surface area contributed by atoms with Crippen molar-refractivity contribution >= 4 is 17.5 Å². The lowest BCUT2D eigenvalue weighted by molar-refractivity contribution is -0.116. The molecule has 0 atom stereocenters. The number of anilines is 1. The molecule has 25 heavy (non-hydrogen) atoms. The highest BCUT2D eigenvalue weighted by Crippen LogP contribution is 2.28. The Morgan fingerprint density at radius 1 is 1.04 bits per heavy atom. The summed E-state index contributed by atoms with van der Waals surface area (Å²) < 4.78 is 10.4. The van der Waals surface area contributed by atoms with Crippen LogP contribution in [0.5, 0.6) is 11.5 Å². The molecule has 132 valence electrons. The summed E-state index contributed by atoms with van der Waals surface area (Å²) in [4.78, 5) is 24.1. The van der Waals surface area contributed by atoms with Gasteiger partial charge in [0.15, 0.2) is 0 Å². The lowest BCUT2D eigenvalue weighted by atomic mass is 10.1. The highest BCUT2D eigenvalue weighted by molar-refractivity contribution is 5.95. The van der Waals surface area contributed by atoms with Gasteiger partial charge in [0, 0.05) is 24.6 Å². The number of ether oxygens (including phenoxy) is 2. The summed E-state index contributed by atoms with van der Waals surface area (Å²) in [6.07, 6.45) is 0.159. The number of hydrogen-bond donors (Lipinski definition) is 2. The Labute approximate surface area is 147 Å².